The predicted molar refractivity (Wildman–Crippen MR) is 67.7 cm³/mol. The maximum Gasteiger partial charge on any atom is 0.0208 e. The highest BCUT2D eigenvalue weighted by molar-refractivity contribution is 5.35. The number of nitrogens with one attached hydrogen (secondary N) is 1. The number of hydrogen-bond donors (Lipinski definition) is 1. The number of benzene rings is 1. The number of fused-ring (bicyclic) bond motifs is 1. The van der Waals surface area contributed by atoms with Crippen LogP contribution in [-0.4, -0.2) is 6.54 Å². The Morgan fingerprint density at radius 2 is 1.88 bits per heavy atom. The van der Waals surface area contributed by atoms with Crippen LogP contribution in [0.5, 0.6) is 0 Å². The summed E-state index contributed by atoms with van der Waals surface area (Å²) in [6.45, 7) is 2.22. The Kier molecular flexibility index (Phi) is 2.96. The quantitative estimate of drug-likeness (QED) is 0.757. The van der Waals surface area contributed by atoms with E-state index in [1.54, 1.807) is 11.1 Å². The number of rotatable bonds is 1. The molecule has 1 heterocycles. The summed E-state index contributed by atoms with van der Waals surface area (Å²) < 4.78 is 0. The van der Waals surface area contributed by atoms with E-state index in [0.29, 0.717) is 0 Å². The molecule has 0 amide bonds. The largest absolute Gasteiger partial charge is 0.312 e. The fraction of sp³-hybridized carbons (Fsp3) is 0.600. The lowest BCUT2D eigenvalue weighted by Crippen LogP contribution is -2.23. The van der Waals surface area contributed by atoms with Crippen LogP contribution in [0.15, 0.2) is 18.2 Å². The van der Waals surface area contributed by atoms with Crippen molar-refractivity contribution < 1.29 is 0 Å². The first kappa shape index (κ1) is 10.3. The van der Waals surface area contributed by atoms with E-state index in [1.807, 2.05) is 0 Å². The molecule has 2 aliphatic rings. The lowest BCUT2D eigenvalue weighted by molar-refractivity contribution is 0.443. The van der Waals surface area contributed by atoms with Gasteiger partial charge in [0.2, 0.25) is 0 Å². The van der Waals surface area contributed by atoms with Crippen molar-refractivity contribution >= 4 is 0 Å². The molecule has 0 bridgehead atoms. The molecular formula is C15H21N. The average molecular weight is 215 g/mol. The molecular weight excluding hydrogens is 194 g/mol. The molecule has 1 aromatic carbocycles. The van der Waals surface area contributed by atoms with Gasteiger partial charge in [0.1, 0.15) is 0 Å². The highest BCUT2D eigenvalue weighted by atomic mass is 14.9. The molecule has 0 spiro atoms. The third kappa shape index (κ3) is 2.01. The summed E-state index contributed by atoms with van der Waals surface area (Å²) in [4.78, 5) is 0. The highest BCUT2D eigenvalue weighted by Crippen LogP contribution is 2.33. The van der Waals surface area contributed by atoms with Crippen LogP contribution in [0.1, 0.15) is 54.7 Å². The van der Waals surface area contributed by atoms with E-state index in [9.17, 15) is 0 Å². The molecule has 1 N–H and O–H groups in total. The molecule has 86 valence electrons. The molecule has 1 heteroatoms. The summed E-state index contributed by atoms with van der Waals surface area (Å²) in [6, 6.07) is 7.22. The summed E-state index contributed by atoms with van der Waals surface area (Å²) in [6.07, 6.45) is 8.36. The third-order valence-electron chi connectivity index (χ3n) is 4.19. The van der Waals surface area contributed by atoms with Gasteiger partial charge in [-0.15, -0.1) is 0 Å². The Bertz CT molecular complexity index is 364. The first-order chi connectivity index (χ1) is 7.93. The van der Waals surface area contributed by atoms with Gasteiger partial charge in [-0.1, -0.05) is 37.5 Å². The Labute approximate surface area is 98.3 Å². The SMILES string of the molecule is c1cc2c(cc1C1CCCCC1)CCNC2. The van der Waals surface area contributed by atoms with Crippen molar-refractivity contribution in [1.82, 2.24) is 5.32 Å². The zero-order valence-corrected chi connectivity index (χ0v) is 9.97. The van der Waals surface area contributed by atoms with Gasteiger partial charge in [-0.3, -0.25) is 0 Å². The zero-order valence-electron chi connectivity index (χ0n) is 9.97. The topological polar surface area (TPSA) is 12.0 Å². The van der Waals surface area contributed by atoms with Crippen molar-refractivity contribution in [2.45, 2.75) is 51.0 Å². The Morgan fingerprint density at radius 1 is 1.00 bits per heavy atom. The van der Waals surface area contributed by atoms with Crippen LogP contribution in [0.3, 0.4) is 0 Å². The van der Waals surface area contributed by atoms with Gasteiger partial charge >= 0.3 is 0 Å². The van der Waals surface area contributed by atoms with Crippen molar-refractivity contribution in [3.8, 4) is 0 Å². The van der Waals surface area contributed by atoms with Crippen molar-refractivity contribution in [2.24, 2.45) is 0 Å². The normalized spacial score (nSPS) is 21.8. The van der Waals surface area contributed by atoms with E-state index in [4.69, 9.17) is 0 Å². The Morgan fingerprint density at radius 3 is 2.75 bits per heavy atom. The van der Waals surface area contributed by atoms with Crippen molar-refractivity contribution in [2.75, 3.05) is 6.54 Å². The lowest BCUT2D eigenvalue weighted by Gasteiger charge is -2.24. The van der Waals surface area contributed by atoms with E-state index in [1.165, 1.54) is 44.1 Å². The third-order valence-corrected chi connectivity index (χ3v) is 4.19. The molecule has 0 atom stereocenters. The van der Waals surface area contributed by atoms with E-state index in [2.05, 4.69) is 23.5 Å². The maximum absolute atomic E-state index is 3.44. The van der Waals surface area contributed by atoms with E-state index in [0.717, 1.165) is 19.0 Å². The first-order valence-corrected chi connectivity index (χ1v) is 6.76. The Balaban J connectivity index is 1.84. The van der Waals surface area contributed by atoms with Crippen LogP contribution in [0.2, 0.25) is 0 Å². The molecule has 1 nitrogen and oxygen atoms in total. The Hall–Kier alpha value is -0.820. The van der Waals surface area contributed by atoms with Gasteiger partial charge in [0.15, 0.2) is 0 Å². The minimum Gasteiger partial charge on any atom is -0.312 e. The van der Waals surface area contributed by atoms with Crippen molar-refractivity contribution in [3.05, 3.63) is 34.9 Å². The monoisotopic (exact) mass is 215 g/mol. The summed E-state index contributed by atoms with van der Waals surface area (Å²) in [5.41, 5.74) is 4.73. The molecule has 0 unspecified atom stereocenters. The van der Waals surface area contributed by atoms with Crippen molar-refractivity contribution in [3.63, 3.8) is 0 Å². The number of hydrogen-bond acceptors (Lipinski definition) is 1. The van der Waals surface area contributed by atoms with Gasteiger partial charge in [-0.05, 0) is 48.4 Å². The van der Waals surface area contributed by atoms with Gasteiger partial charge in [-0.25, -0.2) is 0 Å². The standard InChI is InChI=1S/C15H21N/c1-2-4-12(5-3-1)13-6-7-15-11-16-9-8-14(15)10-13/h6-7,10,12,16H,1-5,8-9,11H2. The van der Waals surface area contributed by atoms with Gasteiger partial charge in [-0.2, -0.15) is 0 Å². The predicted octanol–water partition coefficient (Wildman–Crippen LogP) is 3.38. The molecule has 0 radical (unpaired) electrons. The lowest BCUT2D eigenvalue weighted by atomic mass is 9.82. The van der Waals surface area contributed by atoms with Crippen molar-refractivity contribution in [1.29, 1.82) is 0 Å². The minimum atomic E-state index is 0.855. The average Bonchev–Trinajstić information content (AvgIpc) is 2.39. The van der Waals surface area contributed by atoms with Crippen LogP contribution < -0.4 is 5.32 Å². The highest BCUT2D eigenvalue weighted by Gasteiger charge is 2.17. The van der Waals surface area contributed by atoms with Gasteiger partial charge in [0.05, 0.1) is 0 Å². The van der Waals surface area contributed by atoms with Crippen LogP contribution in [0, 0.1) is 0 Å². The second-order valence-electron chi connectivity index (χ2n) is 5.29. The molecule has 1 aliphatic heterocycles. The van der Waals surface area contributed by atoms with E-state index >= 15 is 0 Å². The minimum absolute atomic E-state index is 0.855. The van der Waals surface area contributed by atoms with Gasteiger partial charge < -0.3 is 5.32 Å². The molecule has 1 saturated carbocycles. The molecule has 0 saturated heterocycles. The van der Waals surface area contributed by atoms with Crippen LogP contribution in [0.4, 0.5) is 0 Å². The smallest absolute Gasteiger partial charge is 0.0208 e. The van der Waals surface area contributed by atoms with Gasteiger partial charge in [0, 0.05) is 6.54 Å². The second-order valence-corrected chi connectivity index (χ2v) is 5.29. The summed E-state index contributed by atoms with van der Waals surface area (Å²) in [5, 5.41) is 3.44. The van der Waals surface area contributed by atoms with Crippen LogP contribution in [0.25, 0.3) is 0 Å². The van der Waals surface area contributed by atoms with Gasteiger partial charge in [0.25, 0.3) is 0 Å². The summed E-state index contributed by atoms with van der Waals surface area (Å²) in [5.74, 6) is 0.855. The zero-order chi connectivity index (χ0) is 10.8. The molecule has 16 heavy (non-hydrogen) atoms. The van der Waals surface area contributed by atoms with E-state index < -0.39 is 0 Å². The van der Waals surface area contributed by atoms with Crippen LogP contribution >= 0.6 is 0 Å². The first-order valence-electron chi connectivity index (χ1n) is 6.76. The summed E-state index contributed by atoms with van der Waals surface area (Å²) in [7, 11) is 0. The second kappa shape index (κ2) is 4.58. The summed E-state index contributed by atoms with van der Waals surface area (Å²) >= 11 is 0. The molecule has 0 aromatic heterocycles. The van der Waals surface area contributed by atoms with Crippen LogP contribution in [-0.2, 0) is 13.0 Å². The fourth-order valence-electron chi connectivity index (χ4n) is 3.19. The molecule has 1 fully saturated rings. The fourth-order valence-corrected chi connectivity index (χ4v) is 3.19. The molecule has 3 rings (SSSR count). The maximum atomic E-state index is 3.44. The molecule has 1 aliphatic carbocycles. The molecule has 1 aromatic rings. The van der Waals surface area contributed by atoms with E-state index in [-0.39, 0.29) is 0 Å².